The summed E-state index contributed by atoms with van der Waals surface area (Å²) in [7, 11) is -1.81. The van der Waals surface area contributed by atoms with Crippen LogP contribution >= 0.6 is 23.8 Å². The molecule has 0 saturated carbocycles. The van der Waals surface area contributed by atoms with Crippen molar-refractivity contribution in [2.45, 2.75) is 51.6 Å². The van der Waals surface area contributed by atoms with Crippen molar-refractivity contribution >= 4 is 48.9 Å². The minimum atomic E-state index is -1.81. The smallest absolute Gasteiger partial charge is 0.325 e. The molecule has 1 fully saturated rings. The number of rotatable bonds is 11. The number of hydrogen-bond donors (Lipinski definition) is 0. The van der Waals surface area contributed by atoms with Crippen molar-refractivity contribution in [2.75, 3.05) is 13.2 Å². The van der Waals surface area contributed by atoms with E-state index in [2.05, 4.69) is 26.2 Å². The molecule has 8 heteroatoms. The van der Waals surface area contributed by atoms with E-state index in [-0.39, 0.29) is 37.1 Å². The van der Waals surface area contributed by atoms with Crippen LogP contribution in [0.2, 0.25) is 24.7 Å². The molecule has 164 valence electrons. The Labute approximate surface area is 190 Å². The molecule has 1 heterocycles. The number of thiocarbonyl (C=S) groups is 1. The first kappa shape index (κ1) is 24.7. The number of benzene rings is 1. The minimum absolute atomic E-state index is 0.0682. The molecular formula is C22H30ClNO4SSi. The Morgan fingerprint density at radius 2 is 1.97 bits per heavy atom. The molecule has 3 atom stereocenters. The number of hydrogen-bond acceptors (Lipinski definition) is 5. The van der Waals surface area contributed by atoms with Gasteiger partial charge < -0.3 is 14.1 Å². The van der Waals surface area contributed by atoms with E-state index < -0.39 is 14.3 Å². The molecule has 0 aliphatic carbocycles. The third kappa shape index (κ3) is 6.73. The van der Waals surface area contributed by atoms with Crippen molar-refractivity contribution in [3.63, 3.8) is 0 Å². The second-order valence-electron chi connectivity index (χ2n) is 8.44. The Hall–Kier alpha value is -1.54. The number of β-lactam (4-membered cyclic amide) rings is 1. The van der Waals surface area contributed by atoms with E-state index in [1.165, 1.54) is 6.08 Å². The van der Waals surface area contributed by atoms with Gasteiger partial charge in [0.2, 0.25) is 5.91 Å². The van der Waals surface area contributed by atoms with Crippen molar-refractivity contribution in [1.82, 2.24) is 4.90 Å². The van der Waals surface area contributed by atoms with Gasteiger partial charge in [-0.3, -0.25) is 9.59 Å². The molecule has 1 aromatic carbocycles. The Kier molecular flexibility index (Phi) is 8.79. The van der Waals surface area contributed by atoms with Gasteiger partial charge in [0.25, 0.3) is 0 Å². The second-order valence-corrected chi connectivity index (χ2v) is 13.8. The van der Waals surface area contributed by atoms with Gasteiger partial charge in [-0.25, -0.2) is 0 Å². The number of esters is 1. The summed E-state index contributed by atoms with van der Waals surface area (Å²) in [5, 5.41) is 0.660. The molecule has 5 nitrogen and oxygen atoms in total. The molecular weight excluding hydrogens is 438 g/mol. The molecule has 0 unspecified atom stereocenters. The van der Waals surface area contributed by atoms with Crippen LogP contribution in [0.3, 0.4) is 0 Å². The van der Waals surface area contributed by atoms with E-state index in [0.29, 0.717) is 17.9 Å². The van der Waals surface area contributed by atoms with Crippen LogP contribution in [-0.2, 0) is 18.8 Å². The summed E-state index contributed by atoms with van der Waals surface area (Å²) in [6.45, 7) is 11.8. The summed E-state index contributed by atoms with van der Waals surface area (Å²) in [6, 6.07) is 7.30. The standard InChI is InChI=1S/C22H30ClNO4SSi/c1-6-13-27-20(25)14-24-18(21(22(24)26)15(2)28-30(3,4)5)11-12-19(29)16-7-9-17(23)10-8-16/h6-10,15,18,21H,1,11-14H2,2-5H3/t15-,18+,21-/m1/s1. The van der Waals surface area contributed by atoms with Crippen LogP contribution in [0.25, 0.3) is 0 Å². The fraction of sp³-hybridized carbons (Fsp3) is 0.500. The van der Waals surface area contributed by atoms with Crippen LogP contribution in [0, 0.1) is 5.92 Å². The topological polar surface area (TPSA) is 55.8 Å². The molecule has 30 heavy (non-hydrogen) atoms. The zero-order valence-corrected chi connectivity index (χ0v) is 20.6. The summed E-state index contributed by atoms with van der Waals surface area (Å²) < 4.78 is 11.2. The Balaban J connectivity index is 2.08. The van der Waals surface area contributed by atoms with E-state index in [4.69, 9.17) is 33.0 Å². The maximum atomic E-state index is 12.8. The summed E-state index contributed by atoms with van der Waals surface area (Å²) in [5.74, 6) is -0.790. The predicted octanol–water partition coefficient (Wildman–Crippen LogP) is 4.63. The molecule has 2 rings (SSSR count). The number of carbonyl (C=O) groups is 2. The first-order valence-electron chi connectivity index (χ1n) is 10.1. The SMILES string of the molecule is C=CCOC(=O)CN1C(=O)[C@H]([C@@H](C)O[Si](C)(C)C)[C@@H]1CCC(=S)c1ccc(Cl)cc1. The van der Waals surface area contributed by atoms with Gasteiger partial charge in [0.1, 0.15) is 13.2 Å². The molecule has 0 aromatic heterocycles. The van der Waals surface area contributed by atoms with Gasteiger partial charge >= 0.3 is 5.97 Å². The van der Waals surface area contributed by atoms with Crippen molar-refractivity contribution in [3.05, 3.63) is 47.5 Å². The van der Waals surface area contributed by atoms with Crippen LogP contribution in [-0.4, -0.2) is 55.3 Å². The number of carbonyl (C=O) groups excluding carboxylic acids is 2. The predicted molar refractivity (Wildman–Crippen MR) is 126 cm³/mol. The second kappa shape index (κ2) is 10.7. The lowest BCUT2D eigenvalue weighted by atomic mass is 9.80. The van der Waals surface area contributed by atoms with Gasteiger partial charge in [0, 0.05) is 15.9 Å². The van der Waals surface area contributed by atoms with Crippen molar-refractivity contribution in [3.8, 4) is 0 Å². The summed E-state index contributed by atoms with van der Waals surface area (Å²) >= 11 is 11.5. The highest BCUT2D eigenvalue weighted by molar-refractivity contribution is 7.80. The van der Waals surface area contributed by atoms with E-state index in [1.807, 2.05) is 31.2 Å². The van der Waals surface area contributed by atoms with Crippen LogP contribution in [0.4, 0.5) is 0 Å². The fourth-order valence-electron chi connectivity index (χ4n) is 3.70. The van der Waals surface area contributed by atoms with Crippen molar-refractivity contribution < 1.29 is 18.8 Å². The number of nitrogens with zero attached hydrogens (tertiary/aromatic N) is 1. The maximum absolute atomic E-state index is 12.8. The van der Waals surface area contributed by atoms with Crippen LogP contribution in [0.15, 0.2) is 36.9 Å². The van der Waals surface area contributed by atoms with E-state index in [1.54, 1.807) is 4.90 Å². The van der Waals surface area contributed by atoms with E-state index in [0.717, 1.165) is 10.4 Å². The highest BCUT2D eigenvalue weighted by atomic mass is 35.5. The normalized spacial score (nSPS) is 19.8. The van der Waals surface area contributed by atoms with E-state index >= 15 is 0 Å². The lowest BCUT2D eigenvalue weighted by Crippen LogP contribution is -2.66. The van der Waals surface area contributed by atoms with Crippen molar-refractivity contribution in [2.24, 2.45) is 5.92 Å². The highest BCUT2D eigenvalue weighted by Crippen LogP contribution is 2.35. The highest BCUT2D eigenvalue weighted by Gasteiger charge is 2.51. The molecule has 1 saturated heterocycles. The van der Waals surface area contributed by atoms with Gasteiger partial charge in [-0.05, 0) is 57.1 Å². The number of amides is 1. The fourth-order valence-corrected chi connectivity index (χ4v) is 5.34. The number of ether oxygens (including phenoxy) is 1. The molecule has 1 aromatic rings. The summed E-state index contributed by atoms with van der Waals surface area (Å²) in [5.41, 5.74) is 0.944. The van der Waals surface area contributed by atoms with Gasteiger partial charge in [0.05, 0.1) is 12.0 Å². The molecule has 1 aliphatic heterocycles. The molecule has 1 aliphatic rings. The number of likely N-dealkylation sites (tertiary alicyclic amines) is 1. The zero-order chi connectivity index (χ0) is 22.5. The third-order valence-corrected chi connectivity index (χ3v) is 6.69. The minimum Gasteiger partial charge on any atom is -0.460 e. The van der Waals surface area contributed by atoms with Crippen molar-refractivity contribution in [1.29, 1.82) is 0 Å². The Bertz CT molecular complexity index is 793. The van der Waals surface area contributed by atoms with Gasteiger partial charge in [0.15, 0.2) is 8.32 Å². The van der Waals surface area contributed by atoms with Crippen LogP contribution in [0.1, 0.15) is 25.3 Å². The molecule has 0 bridgehead atoms. The Morgan fingerprint density at radius 3 is 2.53 bits per heavy atom. The van der Waals surface area contributed by atoms with Crippen LogP contribution in [0.5, 0.6) is 0 Å². The first-order chi connectivity index (χ1) is 14.0. The summed E-state index contributed by atoms with van der Waals surface area (Å²) in [6.07, 6.45) is 2.58. The third-order valence-electron chi connectivity index (χ3n) is 4.92. The first-order valence-corrected chi connectivity index (χ1v) is 14.3. The monoisotopic (exact) mass is 467 g/mol. The maximum Gasteiger partial charge on any atom is 0.325 e. The molecule has 0 N–H and O–H groups in total. The lowest BCUT2D eigenvalue weighted by molar-refractivity contribution is -0.170. The zero-order valence-electron chi connectivity index (χ0n) is 18.0. The molecule has 0 radical (unpaired) electrons. The van der Waals surface area contributed by atoms with Gasteiger partial charge in [-0.15, -0.1) is 0 Å². The average Bonchev–Trinajstić information content (AvgIpc) is 2.66. The Morgan fingerprint density at radius 1 is 1.33 bits per heavy atom. The lowest BCUT2D eigenvalue weighted by Gasteiger charge is -2.50. The van der Waals surface area contributed by atoms with Gasteiger partial charge in [-0.2, -0.15) is 0 Å². The van der Waals surface area contributed by atoms with Crippen LogP contribution < -0.4 is 0 Å². The van der Waals surface area contributed by atoms with Gasteiger partial charge in [-0.1, -0.05) is 48.6 Å². The molecule has 0 spiro atoms. The average molecular weight is 468 g/mol. The van der Waals surface area contributed by atoms with E-state index in [9.17, 15) is 9.59 Å². The number of halogens is 1. The summed E-state index contributed by atoms with van der Waals surface area (Å²) in [4.78, 5) is 27.3. The molecule has 1 amide bonds. The largest absolute Gasteiger partial charge is 0.460 e. The quantitative estimate of drug-likeness (QED) is 0.118.